The van der Waals surface area contributed by atoms with Crippen molar-refractivity contribution in [2.75, 3.05) is 23.8 Å². The maximum Gasteiger partial charge on any atom is 0.573 e. The fourth-order valence-corrected chi connectivity index (χ4v) is 3.64. The number of carbonyl (C=O) groups excluding carboxylic acids is 1. The monoisotopic (exact) mass is 492 g/mol. The van der Waals surface area contributed by atoms with Gasteiger partial charge in [-0.1, -0.05) is 11.8 Å². The van der Waals surface area contributed by atoms with Crippen molar-refractivity contribution < 1.29 is 27.4 Å². The molecule has 178 valence electrons. The molecule has 0 atom stereocenters. The first-order chi connectivity index (χ1) is 16.3. The van der Waals surface area contributed by atoms with Crippen LogP contribution in [0.4, 0.5) is 18.9 Å². The molecule has 0 aliphatic heterocycles. The van der Waals surface area contributed by atoms with E-state index in [1.807, 2.05) is 13.0 Å². The van der Waals surface area contributed by atoms with Gasteiger partial charge in [0, 0.05) is 12.2 Å². The summed E-state index contributed by atoms with van der Waals surface area (Å²) in [7, 11) is 0. The van der Waals surface area contributed by atoms with E-state index in [0.29, 0.717) is 23.7 Å². The Morgan fingerprint density at radius 3 is 2.44 bits per heavy atom. The molecule has 34 heavy (non-hydrogen) atoms. The third-order valence-electron chi connectivity index (χ3n) is 4.29. The first-order valence-electron chi connectivity index (χ1n) is 9.98. The van der Waals surface area contributed by atoms with Crippen LogP contribution in [0, 0.1) is 11.3 Å². The summed E-state index contributed by atoms with van der Waals surface area (Å²) >= 11 is 1.06. The van der Waals surface area contributed by atoms with Crippen LogP contribution in [0.25, 0.3) is 5.69 Å². The van der Waals surface area contributed by atoms with Gasteiger partial charge in [0.15, 0.2) is 0 Å². The van der Waals surface area contributed by atoms with Crippen molar-refractivity contribution in [1.29, 1.82) is 5.26 Å². The number of hydrogen-bond acceptors (Lipinski definition) is 8. The van der Waals surface area contributed by atoms with Crippen molar-refractivity contribution >= 4 is 23.4 Å². The molecule has 0 aliphatic rings. The quantitative estimate of drug-likeness (QED) is 0.391. The molecule has 0 fully saturated rings. The minimum Gasteiger partial charge on any atom is -0.494 e. The Bertz CT molecular complexity index is 1130. The lowest BCUT2D eigenvalue weighted by Crippen LogP contribution is -2.33. The predicted molar refractivity (Wildman–Crippen MR) is 117 cm³/mol. The van der Waals surface area contributed by atoms with Gasteiger partial charge < -0.3 is 14.4 Å². The van der Waals surface area contributed by atoms with Crippen LogP contribution in [-0.2, 0) is 4.79 Å². The van der Waals surface area contributed by atoms with Gasteiger partial charge in [-0.3, -0.25) is 4.79 Å². The number of halogens is 3. The summed E-state index contributed by atoms with van der Waals surface area (Å²) < 4.78 is 47.6. The maximum atomic E-state index is 12.9. The van der Waals surface area contributed by atoms with Gasteiger partial charge in [0.2, 0.25) is 11.1 Å². The van der Waals surface area contributed by atoms with Crippen molar-refractivity contribution in [1.82, 2.24) is 20.2 Å². The number of carbonyl (C=O) groups is 1. The van der Waals surface area contributed by atoms with Crippen molar-refractivity contribution in [3.8, 4) is 23.3 Å². The van der Waals surface area contributed by atoms with E-state index >= 15 is 0 Å². The van der Waals surface area contributed by atoms with Crippen LogP contribution in [0.3, 0.4) is 0 Å². The Labute approximate surface area is 197 Å². The molecule has 13 heteroatoms. The first-order valence-corrected chi connectivity index (χ1v) is 11.0. The van der Waals surface area contributed by atoms with Crippen LogP contribution < -0.4 is 14.4 Å². The number of anilines is 1. The molecule has 1 aromatic heterocycles. The zero-order valence-electron chi connectivity index (χ0n) is 17.9. The fraction of sp³-hybridized carbons (Fsp3) is 0.286. The Hall–Kier alpha value is -3.79. The average molecular weight is 492 g/mol. The molecular weight excluding hydrogens is 473 g/mol. The minimum atomic E-state index is -4.79. The van der Waals surface area contributed by atoms with E-state index in [2.05, 4.69) is 20.3 Å². The van der Waals surface area contributed by atoms with Gasteiger partial charge in [-0.2, -0.15) is 9.94 Å². The number of hydrogen-bond donors (Lipinski definition) is 0. The molecule has 0 spiro atoms. The zero-order valence-corrected chi connectivity index (χ0v) is 18.7. The number of thioether (sulfide) groups is 1. The van der Waals surface area contributed by atoms with E-state index in [9.17, 15) is 18.0 Å². The van der Waals surface area contributed by atoms with Gasteiger partial charge in [-0.05, 0) is 65.9 Å². The number of nitrogens with zero attached hydrogens (tertiary/aromatic N) is 6. The van der Waals surface area contributed by atoms with E-state index in [0.717, 1.165) is 23.9 Å². The van der Waals surface area contributed by atoms with Gasteiger partial charge in [0.1, 0.15) is 11.5 Å². The van der Waals surface area contributed by atoms with Crippen molar-refractivity contribution in [3.63, 3.8) is 0 Å². The average Bonchev–Trinajstić information content (AvgIpc) is 3.27. The van der Waals surface area contributed by atoms with Crippen LogP contribution in [0.1, 0.15) is 13.3 Å². The smallest absolute Gasteiger partial charge is 0.494 e. The van der Waals surface area contributed by atoms with Crippen molar-refractivity contribution in [3.05, 3.63) is 48.5 Å². The number of nitriles is 1. The number of amides is 1. The van der Waals surface area contributed by atoms with E-state index < -0.39 is 6.36 Å². The number of alkyl halides is 3. The van der Waals surface area contributed by atoms with Crippen LogP contribution in [-0.4, -0.2) is 51.4 Å². The maximum absolute atomic E-state index is 12.9. The Balaban J connectivity index is 1.70. The van der Waals surface area contributed by atoms with Gasteiger partial charge in [-0.15, -0.1) is 18.3 Å². The molecule has 0 aliphatic carbocycles. The molecule has 0 saturated heterocycles. The van der Waals surface area contributed by atoms with E-state index in [1.165, 1.54) is 21.7 Å². The summed E-state index contributed by atoms with van der Waals surface area (Å²) in [5.74, 6) is -0.0157. The molecule has 0 saturated carbocycles. The molecule has 0 N–H and O–H groups in total. The van der Waals surface area contributed by atoms with Gasteiger partial charge >= 0.3 is 6.36 Å². The summed E-state index contributed by atoms with van der Waals surface area (Å²) in [6.07, 6.45) is -4.65. The molecule has 0 bridgehead atoms. The summed E-state index contributed by atoms with van der Waals surface area (Å²) in [6.45, 7) is 2.58. The molecule has 3 rings (SSSR count). The molecule has 1 heterocycles. The highest BCUT2D eigenvalue weighted by Gasteiger charge is 2.31. The van der Waals surface area contributed by atoms with E-state index in [-0.39, 0.29) is 35.5 Å². The number of rotatable bonds is 10. The number of tetrazole rings is 1. The number of aromatic nitrogens is 4. The van der Waals surface area contributed by atoms with Crippen molar-refractivity contribution in [2.24, 2.45) is 0 Å². The summed E-state index contributed by atoms with van der Waals surface area (Å²) in [5, 5.41) is 20.5. The number of benzene rings is 2. The molecular formula is C21H19F3N6O3S. The SMILES string of the molecule is CCOc1ccc(N(CCC#N)C(=O)CSc2nnnn2-c2ccc(OC(F)(F)F)cc2)cc1. The lowest BCUT2D eigenvalue weighted by atomic mass is 10.2. The fourth-order valence-electron chi connectivity index (χ4n) is 2.87. The zero-order chi connectivity index (χ0) is 24.6. The van der Waals surface area contributed by atoms with Crippen molar-refractivity contribution in [2.45, 2.75) is 24.9 Å². The lowest BCUT2D eigenvalue weighted by molar-refractivity contribution is -0.274. The molecule has 0 radical (unpaired) electrons. The Kier molecular flexibility index (Phi) is 8.31. The second-order valence-corrected chi connectivity index (χ2v) is 7.53. The van der Waals surface area contributed by atoms with Crippen LogP contribution >= 0.6 is 11.8 Å². The summed E-state index contributed by atoms with van der Waals surface area (Å²) in [5.41, 5.74) is 1.01. The largest absolute Gasteiger partial charge is 0.573 e. The molecule has 1 amide bonds. The minimum absolute atomic E-state index is 0.0335. The third-order valence-corrected chi connectivity index (χ3v) is 5.19. The van der Waals surface area contributed by atoms with E-state index in [4.69, 9.17) is 10.00 Å². The highest BCUT2D eigenvalue weighted by atomic mass is 32.2. The molecule has 9 nitrogen and oxygen atoms in total. The standard InChI is InChI=1S/C21H19F3N6O3S/c1-2-32-17-8-4-15(5-9-17)29(13-3-12-25)19(31)14-34-20-26-27-28-30(20)16-6-10-18(11-7-16)33-21(22,23)24/h4-11H,2-3,13-14H2,1H3. The normalized spacial score (nSPS) is 11.0. The van der Waals surface area contributed by atoms with Gasteiger partial charge in [0.25, 0.3) is 0 Å². The molecule has 0 unspecified atom stereocenters. The Morgan fingerprint density at radius 1 is 1.15 bits per heavy atom. The Morgan fingerprint density at radius 2 is 1.82 bits per heavy atom. The number of ether oxygens (including phenoxy) is 2. The second-order valence-electron chi connectivity index (χ2n) is 6.58. The van der Waals surface area contributed by atoms with E-state index in [1.54, 1.807) is 24.3 Å². The molecule has 2 aromatic carbocycles. The van der Waals surface area contributed by atoms with Gasteiger partial charge in [-0.25, -0.2) is 0 Å². The topological polar surface area (TPSA) is 106 Å². The first kappa shape index (κ1) is 24.8. The second kappa shape index (κ2) is 11.4. The summed E-state index contributed by atoms with van der Waals surface area (Å²) in [4.78, 5) is 14.4. The third kappa shape index (κ3) is 6.85. The highest BCUT2D eigenvalue weighted by molar-refractivity contribution is 7.99. The summed E-state index contributed by atoms with van der Waals surface area (Å²) in [6, 6.07) is 14.0. The van der Waals surface area contributed by atoms with Crippen LogP contribution in [0.5, 0.6) is 11.5 Å². The van der Waals surface area contributed by atoms with Crippen LogP contribution in [0.15, 0.2) is 53.7 Å². The molecule has 3 aromatic rings. The predicted octanol–water partition coefficient (Wildman–Crippen LogP) is 4.00. The highest BCUT2D eigenvalue weighted by Crippen LogP contribution is 2.26. The lowest BCUT2D eigenvalue weighted by Gasteiger charge is -2.22. The van der Waals surface area contributed by atoms with Gasteiger partial charge in [0.05, 0.1) is 30.5 Å². The van der Waals surface area contributed by atoms with Crippen LogP contribution in [0.2, 0.25) is 0 Å².